The van der Waals surface area contributed by atoms with Crippen molar-refractivity contribution in [1.29, 1.82) is 0 Å². The summed E-state index contributed by atoms with van der Waals surface area (Å²) < 4.78 is 12.4. The second-order valence-electron chi connectivity index (χ2n) is 9.56. The van der Waals surface area contributed by atoms with Gasteiger partial charge in [-0.2, -0.15) is 0 Å². The summed E-state index contributed by atoms with van der Waals surface area (Å²) in [7, 11) is 1.53. The van der Waals surface area contributed by atoms with E-state index in [1.54, 1.807) is 31.2 Å². The molecule has 1 saturated heterocycles. The molecule has 12 nitrogen and oxygen atoms in total. The number of carbonyl (C=O) groups is 2. The molecule has 0 spiro atoms. The normalized spacial score (nSPS) is 16.6. The van der Waals surface area contributed by atoms with Gasteiger partial charge in [0, 0.05) is 32.2 Å². The topological polar surface area (TPSA) is 145 Å². The first-order valence-corrected chi connectivity index (χ1v) is 12.7. The van der Waals surface area contributed by atoms with Gasteiger partial charge in [-0.15, -0.1) is 5.10 Å². The van der Waals surface area contributed by atoms with Gasteiger partial charge in [0.15, 0.2) is 0 Å². The smallest absolute Gasteiger partial charge is 0.260 e. The van der Waals surface area contributed by atoms with Crippen LogP contribution in [0.15, 0.2) is 30.3 Å². The van der Waals surface area contributed by atoms with E-state index in [2.05, 4.69) is 25.8 Å². The average molecular weight is 522 g/mol. The number of hydrogen-bond acceptors (Lipinski definition) is 9. The van der Waals surface area contributed by atoms with Gasteiger partial charge in [0.25, 0.3) is 5.91 Å². The van der Waals surface area contributed by atoms with Crippen molar-refractivity contribution >= 4 is 17.6 Å². The largest absolute Gasteiger partial charge is 0.496 e. The molecule has 1 aromatic carbocycles. The van der Waals surface area contributed by atoms with Crippen LogP contribution in [-0.4, -0.2) is 80.5 Å². The molecule has 2 aliphatic rings. The van der Waals surface area contributed by atoms with Gasteiger partial charge in [-0.05, 0) is 72.0 Å². The van der Waals surface area contributed by atoms with Crippen LogP contribution in [0.4, 0.5) is 5.82 Å². The Kier molecular flexibility index (Phi) is 7.61. The number of pyridine rings is 1. The molecular weight excluding hydrogens is 490 g/mol. The predicted octanol–water partition coefficient (Wildman–Crippen LogP) is 1.86. The van der Waals surface area contributed by atoms with E-state index < -0.39 is 0 Å². The van der Waals surface area contributed by atoms with Crippen LogP contribution < -0.4 is 10.1 Å². The van der Waals surface area contributed by atoms with E-state index >= 15 is 0 Å². The van der Waals surface area contributed by atoms with Crippen LogP contribution >= 0.6 is 0 Å². The molecule has 0 aliphatic carbocycles. The molecular formula is C26H31N7O5. The first-order chi connectivity index (χ1) is 18.5. The molecule has 38 heavy (non-hydrogen) atoms. The molecule has 0 unspecified atom stereocenters. The minimum Gasteiger partial charge on any atom is -0.496 e. The number of tetrazole rings is 1. The van der Waals surface area contributed by atoms with E-state index in [-0.39, 0.29) is 30.4 Å². The van der Waals surface area contributed by atoms with Gasteiger partial charge in [0.1, 0.15) is 17.3 Å². The summed E-state index contributed by atoms with van der Waals surface area (Å²) >= 11 is 0. The Balaban J connectivity index is 1.36. The van der Waals surface area contributed by atoms with Gasteiger partial charge in [-0.3, -0.25) is 9.59 Å². The number of amides is 2. The average Bonchev–Trinajstić information content (AvgIpc) is 3.46. The molecule has 2 aliphatic heterocycles. The summed E-state index contributed by atoms with van der Waals surface area (Å²) in [6.45, 7) is 3.98. The maximum atomic E-state index is 13.4. The van der Waals surface area contributed by atoms with Gasteiger partial charge >= 0.3 is 0 Å². The first kappa shape index (κ1) is 25.7. The van der Waals surface area contributed by atoms with Crippen LogP contribution in [0.1, 0.15) is 47.3 Å². The van der Waals surface area contributed by atoms with E-state index in [0.29, 0.717) is 61.4 Å². The Morgan fingerprint density at radius 1 is 1.24 bits per heavy atom. The monoisotopic (exact) mass is 521 g/mol. The van der Waals surface area contributed by atoms with Crippen LogP contribution in [0.3, 0.4) is 0 Å². The lowest BCUT2D eigenvalue weighted by Gasteiger charge is -2.33. The number of nitrogens with one attached hydrogen (secondary N) is 1. The van der Waals surface area contributed by atoms with Crippen molar-refractivity contribution in [1.82, 2.24) is 30.1 Å². The van der Waals surface area contributed by atoms with Crippen molar-refractivity contribution in [2.75, 3.05) is 38.8 Å². The molecule has 0 bridgehead atoms. The molecule has 12 heteroatoms. The highest BCUT2D eigenvalue weighted by Crippen LogP contribution is 2.30. The van der Waals surface area contributed by atoms with E-state index in [4.69, 9.17) is 9.47 Å². The van der Waals surface area contributed by atoms with Crippen molar-refractivity contribution in [2.24, 2.45) is 5.92 Å². The van der Waals surface area contributed by atoms with E-state index in [0.717, 1.165) is 24.0 Å². The van der Waals surface area contributed by atoms with Crippen molar-refractivity contribution in [3.05, 3.63) is 47.0 Å². The first-order valence-electron chi connectivity index (χ1n) is 12.7. The number of nitrogens with zero attached hydrogens (tertiary/aromatic N) is 6. The number of rotatable bonds is 7. The standard InChI is InChI=1S/C26H31N7O5/c1-16(15-34)33-24(29-30-31-33)21-4-3-5-23(27-21)28-25(35)20-12-19-14-32(9-6-18(19)13-22(20)37-2)26(36)17-7-10-38-11-8-17/h3-5,12-13,16-17,34H,6-11,14-15H2,1-2H3,(H,27,28,35)/t16-/m1/s1. The van der Waals surface area contributed by atoms with Gasteiger partial charge < -0.3 is 24.8 Å². The lowest BCUT2D eigenvalue weighted by molar-refractivity contribution is -0.139. The third kappa shape index (κ3) is 5.22. The Morgan fingerprint density at radius 2 is 2.05 bits per heavy atom. The van der Waals surface area contributed by atoms with Crippen LogP contribution in [0.25, 0.3) is 11.5 Å². The number of methoxy groups -OCH3 is 1. The highest BCUT2D eigenvalue weighted by molar-refractivity contribution is 6.06. The number of benzene rings is 1. The summed E-state index contributed by atoms with van der Waals surface area (Å²) in [6, 6.07) is 8.49. The SMILES string of the molecule is COc1cc2c(cc1C(=O)Nc1cccc(-c3nnnn3[C@H](C)CO)n1)CN(C(=O)C1CCOCC1)CC2. The summed E-state index contributed by atoms with van der Waals surface area (Å²) in [4.78, 5) is 32.8. The number of ether oxygens (including phenoxy) is 2. The lowest BCUT2D eigenvalue weighted by atomic mass is 9.93. The van der Waals surface area contributed by atoms with Gasteiger partial charge in [-0.1, -0.05) is 6.07 Å². The molecule has 4 heterocycles. The second-order valence-corrected chi connectivity index (χ2v) is 9.56. The van der Waals surface area contributed by atoms with Gasteiger partial charge in [0.05, 0.1) is 25.3 Å². The molecule has 1 fully saturated rings. The molecule has 2 N–H and O–H groups in total. The number of fused-ring (bicyclic) bond motifs is 1. The Morgan fingerprint density at radius 3 is 2.82 bits per heavy atom. The van der Waals surface area contributed by atoms with Crippen molar-refractivity contribution in [2.45, 2.75) is 38.8 Å². The van der Waals surface area contributed by atoms with Crippen LogP contribution in [0.2, 0.25) is 0 Å². The summed E-state index contributed by atoms with van der Waals surface area (Å²) in [5.41, 5.74) is 2.81. The fourth-order valence-electron chi connectivity index (χ4n) is 4.87. The van der Waals surface area contributed by atoms with Gasteiger partial charge in [-0.25, -0.2) is 9.67 Å². The predicted molar refractivity (Wildman–Crippen MR) is 136 cm³/mol. The zero-order chi connectivity index (χ0) is 26.6. The van der Waals surface area contributed by atoms with Crippen LogP contribution in [0, 0.1) is 5.92 Å². The number of carbonyl (C=O) groups excluding carboxylic acids is 2. The molecule has 2 amide bonds. The fraction of sp³-hybridized carbons (Fsp3) is 0.462. The molecule has 200 valence electrons. The maximum Gasteiger partial charge on any atom is 0.260 e. The van der Waals surface area contributed by atoms with Crippen molar-refractivity contribution < 1.29 is 24.2 Å². The quantitative estimate of drug-likeness (QED) is 0.476. The van der Waals surface area contributed by atoms with E-state index in [1.165, 1.54) is 11.8 Å². The number of aliphatic hydroxyl groups excluding tert-OH is 1. The summed E-state index contributed by atoms with van der Waals surface area (Å²) in [6.07, 6.45) is 2.19. The molecule has 2 aromatic heterocycles. The minimum atomic E-state index is -0.384. The number of aromatic nitrogens is 5. The Labute approximate surface area is 220 Å². The minimum absolute atomic E-state index is 0.00831. The maximum absolute atomic E-state index is 13.4. The molecule has 0 saturated carbocycles. The highest BCUT2D eigenvalue weighted by Gasteiger charge is 2.30. The molecule has 0 radical (unpaired) electrons. The zero-order valence-electron chi connectivity index (χ0n) is 21.5. The third-order valence-corrected chi connectivity index (χ3v) is 7.06. The lowest BCUT2D eigenvalue weighted by Crippen LogP contribution is -2.41. The number of hydrogen-bond donors (Lipinski definition) is 2. The molecule has 1 atom stereocenters. The summed E-state index contributed by atoms with van der Waals surface area (Å²) in [5, 5.41) is 24.0. The molecule has 3 aromatic rings. The number of aliphatic hydroxyl groups is 1. The van der Waals surface area contributed by atoms with Gasteiger partial charge in [0.2, 0.25) is 11.7 Å². The van der Waals surface area contributed by atoms with Crippen molar-refractivity contribution in [3.8, 4) is 17.3 Å². The van der Waals surface area contributed by atoms with Crippen molar-refractivity contribution in [3.63, 3.8) is 0 Å². The van der Waals surface area contributed by atoms with Crippen LogP contribution in [0.5, 0.6) is 5.75 Å². The van der Waals surface area contributed by atoms with E-state index in [1.807, 2.05) is 11.0 Å². The third-order valence-electron chi connectivity index (χ3n) is 7.06. The highest BCUT2D eigenvalue weighted by atomic mass is 16.5. The second kappa shape index (κ2) is 11.2. The zero-order valence-corrected chi connectivity index (χ0v) is 21.5. The molecule has 5 rings (SSSR count). The Bertz CT molecular complexity index is 1320. The number of anilines is 1. The van der Waals surface area contributed by atoms with E-state index in [9.17, 15) is 14.7 Å². The summed E-state index contributed by atoms with van der Waals surface area (Å²) in [5.74, 6) is 0.914. The van der Waals surface area contributed by atoms with Crippen LogP contribution in [-0.2, 0) is 22.5 Å². The fourth-order valence-corrected chi connectivity index (χ4v) is 4.87. The Hall–Kier alpha value is -3.90.